The number of nitrogens with two attached hydrogens (primary N) is 1. The first kappa shape index (κ1) is 32.8. The number of carbonyl (C=O) groups is 4. The Morgan fingerprint density at radius 3 is 2.06 bits per heavy atom. The van der Waals surface area contributed by atoms with Gasteiger partial charge in [0.15, 0.2) is 5.60 Å². The number of epoxide rings is 2. The van der Waals surface area contributed by atoms with Gasteiger partial charge in [-0.2, -0.15) is 0 Å². The van der Waals surface area contributed by atoms with Crippen LogP contribution < -0.4 is 5.73 Å². The van der Waals surface area contributed by atoms with Gasteiger partial charge >= 0.3 is 23.9 Å². The van der Waals surface area contributed by atoms with Crippen LogP contribution in [0.1, 0.15) is 61.8 Å². The topological polar surface area (TPSA) is 217 Å². The number of rotatable bonds is 3. The van der Waals surface area contributed by atoms with Gasteiger partial charge < -0.3 is 49.5 Å². The van der Waals surface area contributed by atoms with Crippen LogP contribution in [-0.2, 0) is 47.6 Å². The molecule has 3 saturated heterocycles. The van der Waals surface area contributed by atoms with E-state index < -0.39 is 142 Å². The number of hydrogen-bond acceptors (Lipinski definition) is 14. The van der Waals surface area contributed by atoms with Crippen LogP contribution in [-0.4, -0.2) is 105 Å². The molecule has 0 radical (unpaired) electrons. The maximum Gasteiger partial charge on any atom is 0.341 e. The molecule has 5 saturated carbocycles. The van der Waals surface area contributed by atoms with Crippen molar-refractivity contribution in [2.45, 2.75) is 128 Å². The Hall–Kier alpha value is -2.36. The lowest BCUT2D eigenvalue weighted by atomic mass is 9.40. The fraction of sp³-hybridized carbons (Fsp3) is 0.882. The molecule has 2 unspecified atom stereocenters. The zero-order valence-corrected chi connectivity index (χ0v) is 28.4. The van der Waals surface area contributed by atoms with Crippen molar-refractivity contribution in [2.75, 3.05) is 0 Å². The largest absolute Gasteiger partial charge is 0.462 e. The molecular formula is C34H47NO13. The van der Waals surface area contributed by atoms with Crippen LogP contribution in [0.5, 0.6) is 0 Å². The second-order valence-corrected chi connectivity index (χ2v) is 16.8. The summed E-state index contributed by atoms with van der Waals surface area (Å²) in [5.41, 5.74) is 1.05. The number of fused-ring (bicyclic) bond motifs is 9. The van der Waals surface area contributed by atoms with E-state index in [1.165, 1.54) is 27.7 Å². The summed E-state index contributed by atoms with van der Waals surface area (Å²) in [4.78, 5) is 52.6. The molecule has 1 spiro atoms. The summed E-state index contributed by atoms with van der Waals surface area (Å²) in [7, 11) is 0. The summed E-state index contributed by atoms with van der Waals surface area (Å²) < 4.78 is 36.7. The lowest BCUT2D eigenvalue weighted by Crippen LogP contribution is -2.76. The van der Waals surface area contributed by atoms with Crippen molar-refractivity contribution in [2.24, 2.45) is 63.4 Å². The van der Waals surface area contributed by atoms with Crippen LogP contribution in [0.4, 0.5) is 0 Å². The molecule has 266 valence electrons. The Kier molecular flexibility index (Phi) is 6.49. The third-order valence-corrected chi connectivity index (χ3v) is 15.1. The standard InChI is InChI=1S/C34H47NO13/c1-10-17-20(32(7)33(8,42)29(41)48-34(32)27(10)47-34)24(43-11(2)36)18-16-19(25(44-12(3)37)28(31(17,18)6)45-13(4)38)30(5)14(21(35)22(16)39)9-15-23(46-15)26(30)40/h10,14-28,39-40,42H,9,35H2,1-8H3/t10-,14+,15-,16?,17-,18+,19?,20-,21-,22+,23-,24+,25-,26-,27+,28-,30-,31+,32-,33+,34-/m0/s1. The van der Waals surface area contributed by atoms with Gasteiger partial charge in [-0.1, -0.05) is 20.8 Å². The van der Waals surface area contributed by atoms with Gasteiger partial charge in [-0.25, -0.2) is 4.79 Å². The monoisotopic (exact) mass is 677 g/mol. The first-order valence-electron chi connectivity index (χ1n) is 17.1. The highest BCUT2D eigenvalue weighted by molar-refractivity contribution is 5.84. The van der Waals surface area contributed by atoms with E-state index in [9.17, 15) is 34.5 Å². The van der Waals surface area contributed by atoms with Gasteiger partial charge in [0.1, 0.15) is 30.5 Å². The summed E-state index contributed by atoms with van der Waals surface area (Å²) in [6, 6.07) is -0.847. The smallest absolute Gasteiger partial charge is 0.341 e. The molecule has 0 aromatic carbocycles. The molecule has 3 heterocycles. The Balaban J connectivity index is 1.41. The molecular weight excluding hydrogens is 630 g/mol. The van der Waals surface area contributed by atoms with Crippen LogP contribution in [0.2, 0.25) is 0 Å². The van der Waals surface area contributed by atoms with Gasteiger partial charge in [-0.15, -0.1) is 0 Å². The van der Waals surface area contributed by atoms with Gasteiger partial charge in [-0.3, -0.25) is 14.4 Å². The molecule has 0 aromatic heterocycles. The summed E-state index contributed by atoms with van der Waals surface area (Å²) in [6.07, 6.45) is -6.61. The molecule has 14 nitrogen and oxygen atoms in total. The van der Waals surface area contributed by atoms with Crippen LogP contribution in [0.25, 0.3) is 0 Å². The van der Waals surface area contributed by atoms with Crippen LogP contribution in [0.3, 0.4) is 0 Å². The molecule has 14 heteroatoms. The SMILES string of the molecule is CC(=O)O[C@H]1[C@@H]2[C@H]([C@H](C)[C@H]3O[C@]34OC(=O)[C@@](C)(O)[C@]24C)[C@]2(C)[C@@H]1C1C([C@H](OC(C)=O)[C@@H]2OC(C)=O)[C@]2(C)[C@H](C[C@@H]3O[C@@H]3[C@@H]2O)[C@H](N)[C@@H]1O. The van der Waals surface area contributed by atoms with Gasteiger partial charge in [0.2, 0.25) is 5.79 Å². The maximum atomic E-state index is 13.4. The molecule has 21 atom stereocenters. The zero-order chi connectivity index (χ0) is 35.0. The molecule has 48 heavy (non-hydrogen) atoms. The lowest BCUT2D eigenvalue weighted by Gasteiger charge is -2.67. The van der Waals surface area contributed by atoms with E-state index in [0.29, 0.717) is 6.42 Å². The number of ether oxygens (including phenoxy) is 6. The number of hydrogen-bond donors (Lipinski definition) is 4. The molecule has 0 aromatic rings. The molecule has 0 amide bonds. The lowest BCUT2D eigenvalue weighted by molar-refractivity contribution is -0.284. The number of carbonyl (C=O) groups excluding carboxylic acids is 4. The van der Waals surface area contributed by atoms with Gasteiger partial charge in [0, 0.05) is 61.3 Å². The molecule has 5 N–H and O–H groups in total. The fourth-order valence-electron chi connectivity index (χ4n) is 13.2. The minimum atomic E-state index is -2.09. The predicted octanol–water partition coefficient (Wildman–Crippen LogP) is -0.189. The first-order valence-corrected chi connectivity index (χ1v) is 17.1. The Morgan fingerprint density at radius 1 is 0.875 bits per heavy atom. The van der Waals surface area contributed by atoms with Crippen LogP contribution in [0, 0.1) is 57.7 Å². The van der Waals surface area contributed by atoms with Gasteiger partial charge in [-0.05, 0) is 38.0 Å². The summed E-state index contributed by atoms with van der Waals surface area (Å²) in [5.74, 6) is -9.13. The third kappa shape index (κ3) is 3.45. The average molecular weight is 678 g/mol. The minimum absolute atomic E-state index is 0.229. The Morgan fingerprint density at radius 2 is 1.46 bits per heavy atom. The summed E-state index contributed by atoms with van der Waals surface area (Å²) in [5, 5.41) is 36.4. The molecule has 0 bridgehead atoms. The highest BCUT2D eigenvalue weighted by Gasteiger charge is 2.93. The van der Waals surface area contributed by atoms with Gasteiger partial charge in [0.25, 0.3) is 0 Å². The highest BCUT2D eigenvalue weighted by atomic mass is 16.8. The van der Waals surface area contributed by atoms with Crippen LogP contribution in [0.15, 0.2) is 0 Å². The number of aliphatic hydroxyl groups excluding tert-OH is 2. The Labute approximate surface area is 278 Å². The fourth-order valence-corrected chi connectivity index (χ4v) is 13.2. The molecule has 8 rings (SSSR count). The highest BCUT2D eigenvalue weighted by Crippen LogP contribution is 2.81. The molecule has 3 aliphatic heterocycles. The van der Waals surface area contributed by atoms with E-state index in [2.05, 4.69) is 0 Å². The van der Waals surface area contributed by atoms with Crippen molar-refractivity contribution in [3.63, 3.8) is 0 Å². The first-order chi connectivity index (χ1) is 22.2. The van der Waals surface area contributed by atoms with E-state index in [1.807, 2.05) is 20.8 Å². The number of esters is 4. The van der Waals surface area contributed by atoms with Crippen molar-refractivity contribution >= 4 is 23.9 Å². The van der Waals surface area contributed by atoms with Crippen LogP contribution >= 0.6 is 0 Å². The van der Waals surface area contributed by atoms with E-state index in [0.717, 1.165) is 0 Å². The minimum Gasteiger partial charge on any atom is -0.462 e. The van der Waals surface area contributed by atoms with Crippen molar-refractivity contribution in [3.8, 4) is 0 Å². The second-order valence-electron chi connectivity index (χ2n) is 16.8. The summed E-state index contributed by atoms with van der Waals surface area (Å²) >= 11 is 0. The normalized spacial score (nSPS) is 61.1. The Bertz CT molecular complexity index is 1500. The van der Waals surface area contributed by atoms with E-state index in [1.54, 1.807) is 6.92 Å². The van der Waals surface area contributed by atoms with E-state index >= 15 is 0 Å². The van der Waals surface area contributed by atoms with E-state index in [4.69, 9.17) is 34.2 Å². The molecule has 8 aliphatic rings. The third-order valence-electron chi connectivity index (χ3n) is 15.1. The molecule has 8 fully saturated rings. The quantitative estimate of drug-likeness (QED) is 0.173. The van der Waals surface area contributed by atoms with Crippen molar-refractivity contribution < 1.29 is 62.9 Å². The second kappa shape index (κ2) is 9.49. The predicted molar refractivity (Wildman–Crippen MR) is 159 cm³/mol. The maximum absolute atomic E-state index is 13.4. The average Bonchev–Trinajstić information content (AvgIpc) is 3.88. The van der Waals surface area contributed by atoms with Crippen molar-refractivity contribution in [1.29, 1.82) is 0 Å². The van der Waals surface area contributed by atoms with Crippen molar-refractivity contribution in [3.05, 3.63) is 0 Å². The van der Waals surface area contributed by atoms with Crippen molar-refractivity contribution in [1.82, 2.24) is 0 Å². The number of aliphatic hydroxyl groups is 3. The molecule has 5 aliphatic carbocycles. The zero-order valence-electron chi connectivity index (χ0n) is 28.4. The van der Waals surface area contributed by atoms with Gasteiger partial charge in [0.05, 0.1) is 23.7 Å². The van der Waals surface area contributed by atoms with E-state index in [-0.39, 0.29) is 6.10 Å². The summed E-state index contributed by atoms with van der Waals surface area (Å²) in [6.45, 7) is 12.5.